The zero-order valence-corrected chi connectivity index (χ0v) is 15.4. The second kappa shape index (κ2) is 6.67. The summed E-state index contributed by atoms with van der Waals surface area (Å²) in [5, 5.41) is 13.0. The summed E-state index contributed by atoms with van der Waals surface area (Å²) in [7, 11) is -3.36. The number of fused-ring (bicyclic) bond motifs is 1. The highest BCUT2D eigenvalue weighted by Gasteiger charge is 2.28. The molecule has 1 aliphatic heterocycles. The normalized spacial score (nSPS) is 17.4. The molecule has 3 aromatic rings. The van der Waals surface area contributed by atoms with Crippen molar-refractivity contribution in [1.29, 1.82) is 0 Å². The van der Waals surface area contributed by atoms with Crippen LogP contribution in [-0.2, 0) is 10.0 Å². The van der Waals surface area contributed by atoms with Gasteiger partial charge in [0, 0.05) is 6.42 Å². The molecular formula is C16H20N7O3S+. The third-order valence-electron chi connectivity index (χ3n) is 4.22. The molecule has 0 amide bonds. The van der Waals surface area contributed by atoms with Crippen molar-refractivity contribution >= 4 is 44.3 Å². The number of hydrogen-bond donors (Lipinski definition) is 4. The molecule has 3 heterocycles. The van der Waals surface area contributed by atoms with Gasteiger partial charge in [-0.3, -0.25) is 10.0 Å². The fourth-order valence-electron chi connectivity index (χ4n) is 3.11. The lowest BCUT2D eigenvalue weighted by Crippen LogP contribution is -2.30. The fourth-order valence-corrected chi connectivity index (χ4v) is 3.66. The van der Waals surface area contributed by atoms with Crippen molar-refractivity contribution in [3.63, 3.8) is 0 Å². The first-order valence-electron chi connectivity index (χ1n) is 8.42. The molecule has 0 radical (unpaired) electrons. The molecule has 10 nitrogen and oxygen atoms in total. The highest BCUT2D eigenvalue weighted by atomic mass is 32.2. The molecular weight excluding hydrogens is 370 g/mol. The lowest BCUT2D eigenvalue weighted by atomic mass is 10.3. The smallest absolute Gasteiger partial charge is 0.351 e. The monoisotopic (exact) mass is 390 g/mol. The number of aromatic amines is 2. The molecule has 27 heavy (non-hydrogen) atoms. The number of nitrogens with zero attached hydrogens (tertiary/aromatic N) is 3. The maximum absolute atomic E-state index is 11.4. The number of aliphatic hydroxyl groups excluding tert-OH is 1. The Morgan fingerprint density at radius 3 is 2.93 bits per heavy atom. The zero-order valence-electron chi connectivity index (χ0n) is 14.6. The van der Waals surface area contributed by atoms with Gasteiger partial charge in [0.05, 0.1) is 43.2 Å². The molecule has 0 bridgehead atoms. The number of β-amino-alcohol motifs (C(OH)–C–C–N with tert-alkyl or cyclic N) is 1. The summed E-state index contributed by atoms with van der Waals surface area (Å²) < 4.78 is 25.3. The topological polar surface area (TPSA) is 137 Å². The molecule has 1 fully saturated rings. The average molecular weight is 390 g/mol. The Morgan fingerprint density at radius 2 is 2.19 bits per heavy atom. The van der Waals surface area contributed by atoms with E-state index >= 15 is 0 Å². The minimum absolute atomic E-state index is 0.361. The summed E-state index contributed by atoms with van der Waals surface area (Å²) in [6.45, 7) is 1.25. The van der Waals surface area contributed by atoms with Crippen molar-refractivity contribution in [2.75, 3.05) is 34.3 Å². The quantitative estimate of drug-likeness (QED) is 0.496. The van der Waals surface area contributed by atoms with Gasteiger partial charge < -0.3 is 15.0 Å². The van der Waals surface area contributed by atoms with Gasteiger partial charge >= 0.3 is 5.95 Å². The molecule has 5 N–H and O–H groups in total. The lowest BCUT2D eigenvalue weighted by Gasteiger charge is -2.13. The van der Waals surface area contributed by atoms with E-state index in [4.69, 9.17) is 0 Å². The zero-order chi connectivity index (χ0) is 19.0. The van der Waals surface area contributed by atoms with Crippen LogP contribution in [0.25, 0.3) is 11.2 Å². The van der Waals surface area contributed by atoms with Crippen LogP contribution in [0.1, 0.15) is 6.42 Å². The summed E-state index contributed by atoms with van der Waals surface area (Å²) in [5.41, 5.74) is 2.42. The Bertz CT molecular complexity index is 1080. The van der Waals surface area contributed by atoms with Gasteiger partial charge in [0.2, 0.25) is 21.5 Å². The molecule has 2 aromatic heterocycles. The standard InChI is InChI=1S/C16H19N7O3S/c1-27(25,26)22-11-4-2-3-10(7-11)19-16-20-14-13(17-9-18-14)15(21-16)23-6-5-12(24)8-23/h2-4,7,9,12,22,24H,5-6,8H2,1H3,(H2,17,18,19,20,21)/p+1. The molecule has 1 aromatic carbocycles. The van der Waals surface area contributed by atoms with Gasteiger partial charge in [0.1, 0.15) is 0 Å². The number of hydrogen-bond acceptors (Lipinski definition) is 7. The first-order valence-corrected chi connectivity index (χ1v) is 10.3. The molecule has 1 aliphatic rings. The van der Waals surface area contributed by atoms with Gasteiger partial charge in [-0.1, -0.05) is 11.1 Å². The summed E-state index contributed by atoms with van der Waals surface area (Å²) in [4.78, 5) is 17.0. The highest BCUT2D eigenvalue weighted by Crippen LogP contribution is 2.24. The van der Waals surface area contributed by atoms with Gasteiger partial charge in [-0.15, -0.1) is 0 Å². The van der Waals surface area contributed by atoms with Crippen LogP contribution in [0.3, 0.4) is 0 Å². The van der Waals surface area contributed by atoms with Crippen LogP contribution in [-0.4, -0.2) is 53.9 Å². The Morgan fingerprint density at radius 1 is 1.37 bits per heavy atom. The third-order valence-corrected chi connectivity index (χ3v) is 4.83. The van der Waals surface area contributed by atoms with Crippen molar-refractivity contribution in [3.05, 3.63) is 30.6 Å². The first-order chi connectivity index (χ1) is 12.9. The van der Waals surface area contributed by atoms with Gasteiger partial charge in [0.15, 0.2) is 5.52 Å². The highest BCUT2D eigenvalue weighted by molar-refractivity contribution is 7.92. The Hall–Kier alpha value is -2.92. The van der Waals surface area contributed by atoms with E-state index in [1.54, 1.807) is 30.6 Å². The molecule has 142 valence electrons. The van der Waals surface area contributed by atoms with E-state index in [0.29, 0.717) is 35.9 Å². The number of imidazole rings is 1. The van der Waals surface area contributed by atoms with Gasteiger partial charge in [-0.25, -0.2) is 18.4 Å². The predicted octanol–water partition coefficient (Wildman–Crippen LogP) is 0.458. The third kappa shape index (κ3) is 3.93. The minimum Gasteiger partial charge on any atom is -0.390 e. The minimum atomic E-state index is -3.36. The number of H-pyrrole nitrogens is 2. The summed E-state index contributed by atoms with van der Waals surface area (Å²) in [6, 6.07) is 6.87. The molecule has 0 aliphatic carbocycles. The van der Waals surface area contributed by atoms with Crippen molar-refractivity contribution in [2.45, 2.75) is 12.5 Å². The SMILES string of the molecule is CS(=O)(=O)Nc1cccc(Nc2nc3nc[nH]c3c(N3CCC(O)C3)[nH+]2)c1. The summed E-state index contributed by atoms with van der Waals surface area (Å²) in [5.74, 6) is 1.25. The number of benzene rings is 1. The van der Waals surface area contributed by atoms with E-state index in [9.17, 15) is 13.5 Å². The van der Waals surface area contributed by atoms with Crippen LogP contribution < -0.4 is 19.9 Å². The van der Waals surface area contributed by atoms with Gasteiger partial charge in [0.25, 0.3) is 0 Å². The van der Waals surface area contributed by atoms with E-state index in [1.807, 2.05) is 4.90 Å². The molecule has 1 saturated heterocycles. The van der Waals surface area contributed by atoms with Crippen LogP contribution in [0.4, 0.5) is 23.1 Å². The van der Waals surface area contributed by atoms with Crippen LogP contribution in [0.15, 0.2) is 30.6 Å². The van der Waals surface area contributed by atoms with Crippen LogP contribution in [0.5, 0.6) is 0 Å². The number of anilines is 4. The number of aliphatic hydroxyl groups is 1. The van der Waals surface area contributed by atoms with Gasteiger partial charge in [-0.2, -0.15) is 0 Å². The molecule has 0 spiro atoms. The van der Waals surface area contributed by atoms with Crippen LogP contribution in [0.2, 0.25) is 0 Å². The Kier molecular flexibility index (Phi) is 4.32. The van der Waals surface area contributed by atoms with Crippen LogP contribution >= 0.6 is 0 Å². The van der Waals surface area contributed by atoms with E-state index in [0.717, 1.165) is 24.1 Å². The summed E-state index contributed by atoms with van der Waals surface area (Å²) >= 11 is 0. The molecule has 1 atom stereocenters. The first kappa shape index (κ1) is 17.5. The molecule has 0 saturated carbocycles. The van der Waals surface area contributed by atoms with E-state index in [-0.39, 0.29) is 6.10 Å². The Balaban J connectivity index is 1.65. The van der Waals surface area contributed by atoms with Crippen molar-refractivity contribution in [3.8, 4) is 0 Å². The molecule has 4 rings (SSSR count). The van der Waals surface area contributed by atoms with E-state index < -0.39 is 10.0 Å². The maximum atomic E-state index is 11.4. The number of rotatable bonds is 5. The van der Waals surface area contributed by atoms with E-state index in [2.05, 4.69) is 30.0 Å². The lowest BCUT2D eigenvalue weighted by molar-refractivity contribution is -0.348. The number of aromatic nitrogens is 4. The second-order valence-corrected chi connectivity index (χ2v) is 8.25. The van der Waals surface area contributed by atoms with E-state index in [1.165, 1.54) is 0 Å². The van der Waals surface area contributed by atoms with Crippen molar-refractivity contribution in [2.24, 2.45) is 0 Å². The number of sulfonamides is 1. The van der Waals surface area contributed by atoms with Crippen LogP contribution in [0, 0.1) is 0 Å². The largest absolute Gasteiger partial charge is 0.390 e. The molecule has 1 unspecified atom stereocenters. The van der Waals surface area contributed by atoms with Crippen molar-refractivity contribution < 1.29 is 18.5 Å². The Labute approximate surface area is 155 Å². The fraction of sp³-hybridized carbons (Fsp3) is 0.312. The maximum Gasteiger partial charge on any atom is 0.351 e. The second-order valence-electron chi connectivity index (χ2n) is 6.50. The van der Waals surface area contributed by atoms with Crippen molar-refractivity contribution in [1.82, 2.24) is 15.0 Å². The van der Waals surface area contributed by atoms with Gasteiger partial charge in [-0.05, 0) is 18.2 Å². The summed E-state index contributed by atoms with van der Waals surface area (Å²) in [6.07, 6.45) is 3.01. The number of nitrogens with one attached hydrogen (secondary N) is 4. The average Bonchev–Trinajstić information content (AvgIpc) is 3.21. The predicted molar refractivity (Wildman–Crippen MR) is 101 cm³/mol. The molecule has 11 heteroatoms.